The van der Waals surface area contributed by atoms with E-state index in [-0.39, 0.29) is 12.2 Å². The van der Waals surface area contributed by atoms with Gasteiger partial charge in [-0.2, -0.15) is 0 Å². The van der Waals surface area contributed by atoms with Gasteiger partial charge in [-0.05, 0) is 55.5 Å². The molecule has 0 unspecified atom stereocenters. The second-order valence-corrected chi connectivity index (χ2v) is 9.58. The van der Waals surface area contributed by atoms with Crippen molar-refractivity contribution >= 4 is 34.7 Å². The van der Waals surface area contributed by atoms with Crippen LogP contribution < -0.4 is 19.6 Å². The summed E-state index contributed by atoms with van der Waals surface area (Å²) in [6.07, 6.45) is 3.96. The van der Waals surface area contributed by atoms with Crippen LogP contribution in [0, 0.1) is 0 Å². The fourth-order valence-electron chi connectivity index (χ4n) is 3.65. The molecule has 0 saturated carbocycles. The van der Waals surface area contributed by atoms with Crippen molar-refractivity contribution in [2.75, 3.05) is 13.2 Å². The van der Waals surface area contributed by atoms with E-state index in [1.165, 1.54) is 22.7 Å². The molecule has 33 heavy (non-hydrogen) atoms. The number of fused-ring (bicyclic) bond motifs is 1. The number of thiazole rings is 1. The summed E-state index contributed by atoms with van der Waals surface area (Å²) in [4.78, 5) is 32.3. The predicted molar refractivity (Wildman–Crippen MR) is 132 cm³/mol. The van der Waals surface area contributed by atoms with E-state index in [2.05, 4.69) is 11.9 Å². The molecule has 1 aliphatic rings. The van der Waals surface area contributed by atoms with Crippen molar-refractivity contribution in [1.29, 1.82) is 0 Å². The molecule has 3 aromatic rings. The van der Waals surface area contributed by atoms with Crippen LogP contribution in [0.4, 0.5) is 0 Å². The van der Waals surface area contributed by atoms with Crippen LogP contribution in [0.1, 0.15) is 50.1 Å². The van der Waals surface area contributed by atoms with Crippen molar-refractivity contribution in [2.24, 2.45) is 4.99 Å². The van der Waals surface area contributed by atoms with E-state index in [0.717, 1.165) is 29.0 Å². The Labute approximate surface area is 200 Å². The molecule has 0 aliphatic carbocycles. The average molecular weight is 483 g/mol. The first-order valence-corrected chi connectivity index (χ1v) is 12.7. The zero-order valence-corrected chi connectivity index (χ0v) is 20.5. The molecule has 0 saturated heterocycles. The molecule has 6 nitrogen and oxygen atoms in total. The summed E-state index contributed by atoms with van der Waals surface area (Å²) in [6, 6.07) is 11.0. The maximum atomic E-state index is 13.5. The van der Waals surface area contributed by atoms with E-state index in [4.69, 9.17) is 9.47 Å². The Morgan fingerprint density at radius 1 is 1.21 bits per heavy atom. The highest BCUT2D eigenvalue weighted by atomic mass is 32.1. The normalized spacial score (nSPS) is 15.8. The van der Waals surface area contributed by atoms with Gasteiger partial charge in [-0.25, -0.2) is 9.79 Å². The molecule has 0 radical (unpaired) electrons. The van der Waals surface area contributed by atoms with Crippen LogP contribution in [0.5, 0.6) is 5.75 Å². The highest BCUT2D eigenvalue weighted by molar-refractivity contribution is 7.10. The molecule has 8 heteroatoms. The third-order valence-electron chi connectivity index (χ3n) is 5.27. The van der Waals surface area contributed by atoms with Crippen molar-refractivity contribution in [1.82, 2.24) is 4.57 Å². The average Bonchev–Trinajstić information content (AvgIpc) is 3.43. The Balaban J connectivity index is 1.76. The van der Waals surface area contributed by atoms with Crippen LogP contribution >= 0.6 is 22.7 Å². The van der Waals surface area contributed by atoms with Gasteiger partial charge in [0.15, 0.2) is 4.80 Å². The molecule has 1 aliphatic heterocycles. The summed E-state index contributed by atoms with van der Waals surface area (Å²) in [5.74, 6) is 0.375. The number of carbonyl (C=O) groups excluding carboxylic acids is 1. The summed E-state index contributed by atoms with van der Waals surface area (Å²) in [5.41, 5.74) is 1.71. The topological polar surface area (TPSA) is 69.9 Å². The third-order valence-corrected chi connectivity index (χ3v) is 7.18. The number of hydrogen-bond donors (Lipinski definition) is 0. The Morgan fingerprint density at radius 3 is 2.67 bits per heavy atom. The monoisotopic (exact) mass is 482 g/mol. The van der Waals surface area contributed by atoms with Crippen LogP contribution in [-0.4, -0.2) is 23.8 Å². The van der Waals surface area contributed by atoms with E-state index in [0.29, 0.717) is 27.2 Å². The van der Waals surface area contributed by atoms with E-state index in [1.807, 2.05) is 47.9 Å². The van der Waals surface area contributed by atoms with Crippen molar-refractivity contribution in [3.05, 3.63) is 83.2 Å². The molecule has 4 rings (SSSR count). The SMILES string of the molecule is CCCCOc1ccc(/C=c2/sc3n(c2=O)[C@@H](c2cccs2)C(C(=O)OCC)=C(C)N=3)cc1. The lowest BCUT2D eigenvalue weighted by atomic mass is 10.0. The first kappa shape index (κ1) is 23.2. The molecule has 1 aromatic carbocycles. The lowest BCUT2D eigenvalue weighted by Crippen LogP contribution is -2.39. The van der Waals surface area contributed by atoms with Crippen LogP contribution in [-0.2, 0) is 9.53 Å². The highest BCUT2D eigenvalue weighted by Gasteiger charge is 2.33. The minimum absolute atomic E-state index is 0.172. The molecule has 1 atom stereocenters. The lowest BCUT2D eigenvalue weighted by Gasteiger charge is -2.23. The Kier molecular flexibility index (Phi) is 7.25. The Hall–Kier alpha value is -2.97. The lowest BCUT2D eigenvalue weighted by molar-refractivity contribution is -0.139. The molecule has 0 fully saturated rings. The van der Waals surface area contributed by atoms with E-state index < -0.39 is 12.0 Å². The molecule has 0 spiro atoms. The van der Waals surface area contributed by atoms with Gasteiger partial charge in [-0.3, -0.25) is 9.36 Å². The van der Waals surface area contributed by atoms with Gasteiger partial charge < -0.3 is 9.47 Å². The van der Waals surface area contributed by atoms with E-state index >= 15 is 0 Å². The number of nitrogens with zero attached hydrogens (tertiary/aromatic N) is 2. The first-order chi connectivity index (χ1) is 16.0. The Bertz CT molecular complexity index is 1330. The van der Waals surface area contributed by atoms with Gasteiger partial charge in [-0.1, -0.05) is 42.9 Å². The van der Waals surface area contributed by atoms with Gasteiger partial charge in [0, 0.05) is 4.88 Å². The fraction of sp³-hybridized carbons (Fsp3) is 0.320. The van der Waals surface area contributed by atoms with Crippen LogP contribution in [0.2, 0.25) is 0 Å². The van der Waals surface area contributed by atoms with Crippen molar-refractivity contribution in [3.63, 3.8) is 0 Å². The molecular formula is C25H26N2O4S2. The molecule has 0 bridgehead atoms. The number of esters is 1. The zero-order valence-electron chi connectivity index (χ0n) is 18.9. The predicted octanol–water partition coefficient (Wildman–Crippen LogP) is 4.04. The van der Waals surface area contributed by atoms with Crippen molar-refractivity contribution in [2.45, 2.75) is 39.7 Å². The standard InChI is InChI=1S/C25H26N2O4S2/c1-4-6-13-31-18-11-9-17(10-12-18)15-20-23(28)27-22(19-8-7-14-32-19)21(24(29)30-5-2)16(3)26-25(27)33-20/h7-12,14-15,22H,4-6,13H2,1-3H3/b20-15+/t22-/m0/s1. The fourth-order valence-corrected chi connectivity index (χ4v) is 5.52. The van der Waals surface area contributed by atoms with Crippen molar-refractivity contribution < 1.29 is 14.3 Å². The summed E-state index contributed by atoms with van der Waals surface area (Å²) < 4.78 is 13.2. The van der Waals surface area contributed by atoms with E-state index in [9.17, 15) is 9.59 Å². The van der Waals surface area contributed by atoms with Gasteiger partial charge in [0.1, 0.15) is 11.8 Å². The zero-order chi connectivity index (χ0) is 23.4. The largest absolute Gasteiger partial charge is 0.494 e. The minimum Gasteiger partial charge on any atom is -0.494 e. The summed E-state index contributed by atoms with van der Waals surface area (Å²) >= 11 is 2.83. The van der Waals surface area contributed by atoms with Crippen LogP contribution in [0.15, 0.2) is 62.8 Å². The summed E-state index contributed by atoms with van der Waals surface area (Å²) in [5, 5.41) is 1.94. The van der Waals surface area contributed by atoms with E-state index in [1.54, 1.807) is 18.4 Å². The Morgan fingerprint density at radius 2 is 2.00 bits per heavy atom. The number of allylic oxidation sites excluding steroid dienone is 1. The molecule has 172 valence electrons. The van der Waals surface area contributed by atoms with Gasteiger partial charge in [0.2, 0.25) is 0 Å². The summed E-state index contributed by atoms with van der Waals surface area (Å²) in [7, 11) is 0. The molecule has 3 heterocycles. The number of ether oxygens (including phenoxy) is 2. The van der Waals surface area contributed by atoms with Crippen LogP contribution in [0.3, 0.4) is 0 Å². The number of thiophene rings is 1. The molecule has 2 aromatic heterocycles. The van der Waals surface area contributed by atoms with Gasteiger partial charge in [0.05, 0.1) is 29.0 Å². The second kappa shape index (κ2) is 10.3. The number of unbranched alkanes of at least 4 members (excludes halogenated alkanes) is 1. The third kappa shape index (κ3) is 4.86. The molecule has 0 amide bonds. The molecular weight excluding hydrogens is 456 g/mol. The number of benzene rings is 1. The highest BCUT2D eigenvalue weighted by Crippen LogP contribution is 2.33. The number of rotatable bonds is 8. The first-order valence-electron chi connectivity index (χ1n) is 11.0. The van der Waals surface area contributed by atoms with Gasteiger partial charge in [-0.15, -0.1) is 11.3 Å². The number of hydrogen-bond acceptors (Lipinski definition) is 7. The summed E-state index contributed by atoms with van der Waals surface area (Å²) in [6.45, 7) is 6.64. The number of carbonyl (C=O) groups is 1. The second-order valence-electron chi connectivity index (χ2n) is 7.59. The molecule has 0 N–H and O–H groups in total. The van der Waals surface area contributed by atoms with Gasteiger partial charge >= 0.3 is 5.97 Å². The van der Waals surface area contributed by atoms with Gasteiger partial charge in [0.25, 0.3) is 5.56 Å². The maximum Gasteiger partial charge on any atom is 0.338 e. The minimum atomic E-state index is -0.545. The quantitative estimate of drug-likeness (QED) is 0.359. The van der Waals surface area contributed by atoms with Crippen molar-refractivity contribution in [3.8, 4) is 5.75 Å². The van der Waals surface area contributed by atoms with Crippen LogP contribution in [0.25, 0.3) is 6.08 Å². The number of aromatic nitrogens is 1. The maximum absolute atomic E-state index is 13.5. The smallest absolute Gasteiger partial charge is 0.338 e.